The molecule has 1 fully saturated rings. The van der Waals surface area contributed by atoms with Gasteiger partial charge in [0, 0.05) is 0 Å². The normalized spacial score (nSPS) is 25.9. The van der Waals surface area contributed by atoms with E-state index in [2.05, 4.69) is 0 Å². The zero-order chi connectivity index (χ0) is 8.44. The fraction of sp³-hybridized carbons (Fsp3) is 0.800. The standard InChI is InChI=1S/C10H17NO/c11-8-10(3-4-10)6-9-2-1-5-12-7-9/h7H,1-6,8,11H2. The van der Waals surface area contributed by atoms with Gasteiger partial charge in [0.25, 0.3) is 0 Å². The fourth-order valence-electron chi connectivity index (χ4n) is 1.86. The van der Waals surface area contributed by atoms with Crippen LogP contribution in [0.3, 0.4) is 0 Å². The predicted molar refractivity (Wildman–Crippen MR) is 48.6 cm³/mol. The van der Waals surface area contributed by atoms with E-state index in [1.54, 1.807) is 0 Å². The lowest BCUT2D eigenvalue weighted by Gasteiger charge is -2.18. The summed E-state index contributed by atoms with van der Waals surface area (Å²) in [7, 11) is 0. The molecular formula is C10H17NO. The highest BCUT2D eigenvalue weighted by Crippen LogP contribution is 2.50. The first-order chi connectivity index (χ1) is 5.85. The number of nitrogens with two attached hydrogens (primary N) is 1. The lowest BCUT2D eigenvalue weighted by Crippen LogP contribution is -2.17. The third kappa shape index (κ3) is 1.63. The first-order valence-electron chi connectivity index (χ1n) is 4.84. The van der Waals surface area contributed by atoms with Gasteiger partial charge in [-0.2, -0.15) is 0 Å². The molecule has 2 rings (SSSR count). The third-order valence-corrected chi connectivity index (χ3v) is 3.00. The molecule has 2 nitrogen and oxygen atoms in total. The van der Waals surface area contributed by atoms with Crippen LogP contribution in [0.15, 0.2) is 11.8 Å². The van der Waals surface area contributed by atoms with Gasteiger partial charge in [-0.15, -0.1) is 0 Å². The Morgan fingerprint density at radius 1 is 1.50 bits per heavy atom. The molecule has 2 N–H and O–H groups in total. The van der Waals surface area contributed by atoms with E-state index in [-0.39, 0.29) is 0 Å². The van der Waals surface area contributed by atoms with Crippen molar-refractivity contribution < 1.29 is 4.74 Å². The maximum absolute atomic E-state index is 5.72. The van der Waals surface area contributed by atoms with Gasteiger partial charge in [0.2, 0.25) is 0 Å². The number of rotatable bonds is 3. The number of allylic oxidation sites excluding steroid dienone is 1. The van der Waals surface area contributed by atoms with Crippen molar-refractivity contribution in [3.8, 4) is 0 Å². The van der Waals surface area contributed by atoms with Crippen molar-refractivity contribution in [2.24, 2.45) is 11.1 Å². The highest BCUT2D eigenvalue weighted by Gasteiger charge is 2.41. The minimum Gasteiger partial charge on any atom is -0.501 e. The second-order valence-electron chi connectivity index (χ2n) is 4.13. The smallest absolute Gasteiger partial charge is 0.0876 e. The summed E-state index contributed by atoms with van der Waals surface area (Å²) >= 11 is 0. The van der Waals surface area contributed by atoms with Gasteiger partial charge in [-0.05, 0) is 49.6 Å². The molecule has 2 aliphatic rings. The molecule has 0 bridgehead atoms. The van der Waals surface area contributed by atoms with Crippen molar-refractivity contribution in [2.45, 2.75) is 32.1 Å². The minimum atomic E-state index is 0.479. The monoisotopic (exact) mass is 167 g/mol. The second kappa shape index (κ2) is 3.09. The van der Waals surface area contributed by atoms with E-state index in [9.17, 15) is 0 Å². The predicted octanol–water partition coefficient (Wildman–Crippen LogP) is 1.81. The molecule has 1 saturated carbocycles. The van der Waals surface area contributed by atoms with Crippen molar-refractivity contribution in [1.82, 2.24) is 0 Å². The van der Waals surface area contributed by atoms with E-state index in [1.807, 2.05) is 6.26 Å². The first kappa shape index (κ1) is 8.11. The average molecular weight is 167 g/mol. The topological polar surface area (TPSA) is 35.2 Å². The Kier molecular flexibility index (Phi) is 2.09. The van der Waals surface area contributed by atoms with Gasteiger partial charge in [-0.25, -0.2) is 0 Å². The molecule has 1 heterocycles. The van der Waals surface area contributed by atoms with Gasteiger partial charge < -0.3 is 10.5 Å². The van der Waals surface area contributed by atoms with E-state index in [4.69, 9.17) is 10.5 Å². The van der Waals surface area contributed by atoms with Crippen LogP contribution in [0, 0.1) is 5.41 Å². The average Bonchev–Trinajstić information content (AvgIpc) is 2.88. The molecule has 1 aliphatic heterocycles. The number of ether oxygens (including phenoxy) is 1. The summed E-state index contributed by atoms with van der Waals surface area (Å²) in [4.78, 5) is 0. The van der Waals surface area contributed by atoms with Crippen molar-refractivity contribution in [1.29, 1.82) is 0 Å². The van der Waals surface area contributed by atoms with Crippen LogP contribution >= 0.6 is 0 Å². The highest BCUT2D eigenvalue weighted by atomic mass is 16.5. The molecule has 12 heavy (non-hydrogen) atoms. The molecular weight excluding hydrogens is 150 g/mol. The molecule has 0 saturated heterocycles. The molecule has 0 aromatic heterocycles. The molecule has 0 radical (unpaired) electrons. The van der Waals surface area contributed by atoms with Crippen LogP contribution < -0.4 is 5.73 Å². The summed E-state index contributed by atoms with van der Waals surface area (Å²) in [5.74, 6) is 0. The molecule has 0 aromatic rings. The second-order valence-corrected chi connectivity index (χ2v) is 4.13. The first-order valence-corrected chi connectivity index (χ1v) is 4.84. The molecule has 2 heteroatoms. The molecule has 0 aromatic carbocycles. The molecule has 0 atom stereocenters. The molecule has 0 amide bonds. The Hall–Kier alpha value is -0.500. The summed E-state index contributed by atoms with van der Waals surface area (Å²) < 4.78 is 5.30. The van der Waals surface area contributed by atoms with Crippen molar-refractivity contribution in [2.75, 3.05) is 13.2 Å². The van der Waals surface area contributed by atoms with E-state index < -0.39 is 0 Å². The van der Waals surface area contributed by atoms with Crippen molar-refractivity contribution in [3.05, 3.63) is 11.8 Å². The van der Waals surface area contributed by atoms with Gasteiger partial charge in [0.1, 0.15) is 0 Å². The molecule has 1 aliphatic carbocycles. The Labute approximate surface area is 73.8 Å². The summed E-state index contributed by atoms with van der Waals surface area (Å²) in [6, 6.07) is 0. The van der Waals surface area contributed by atoms with Crippen molar-refractivity contribution in [3.63, 3.8) is 0 Å². The Morgan fingerprint density at radius 2 is 2.33 bits per heavy atom. The quantitative estimate of drug-likeness (QED) is 0.695. The van der Waals surface area contributed by atoms with E-state index in [0.717, 1.165) is 13.2 Å². The summed E-state index contributed by atoms with van der Waals surface area (Å²) in [6.45, 7) is 1.75. The van der Waals surface area contributed by atoms with E-state index >= 15 is 0 Å². The SMILES string of the molecule is NCC1(CC2=COCCC2)CC1. The van der Waals surface area contributed by atoms with E-state index in [0.29, 0.717) is 5.41 Å². The van der Waals surface area contributed by atoms with Gasteiger partial charge in [0.05, 0.1) is 12.9 Å². The fourth-order valence-corrected chi connectivity index (χ4v) is 1.86. The van der Waals surface area contributed by atoms with Crippen LogP contribution in [0.25, 0.3) is 0 Å². The Bertz CT molecular complexity index is 194. The zero-order valence-electron chi connectivity index (χ0n) is 7.51. The lowest BCUT2D eigenvalue weighted by molar-refractivity contribution is 0.220. The summed E-state index contributed by atoms with van der Waals surface area (Å²) in [5.41, 5.74) is 7.67. The maximum Gasteiger partial charge on any atom is 0.0876 e. The van der Waals surface area contributed by atoms with Crippen LogP contribution in [0.4, 0.5) is 0 Å². The molecule has 0 unspecified atom stereocenters. The number of hydrogen-bond donors (Lipinski definition) is 1. The molecule has 68 valence electrons. The van der Waals surface area contributed by atoms with E-state index in [1.165, 1.54) is 37.7 Å². The van der Waals surface area contributed by atoms with Gasteiger partial charge in [0.15, 0.2) is 0 Å². The van der Waals surface area contributed by atoms with Gasteiger partial charge in [-0.1, -0.05) is 0 Å². The van der Waals surface area contributed by atoms with Crippen LogP contribution in [-0.4, -0.2) is 13.2 Å². The third-order valence-electron chi connectivity index (χ3n) is 3.00. The highest BCUT2D eigenvalue weighted by molar-refractivity contribution is 5.09. The number of hydrogen-bond acceptors (Lipinski definition) is 2. The maximum atomic E-state index is 5.72. The summed E-state index contributed by atoms with van der Waals surface area (Å²) in [5, 5.41) is 0. The van der Waals surface area contributed by atoms with Gasteiger partial charge >= 0.3 is 0 Å². The van der Waals surface area contributed by atoms with Gasteiger partial charge in [-0.3, -0.25) is 0 Å². The van der Waals surface area contributed by atoms with Crippen LogP contribution in [0.1, 0.15) is 32.1 Å². The molecule has 0 spiro atoms. The largest absolute Gasteiger partial charge is 0.501 e. The lowest BCUT2D eigenvalue weighted by atomic mass is 9.94. The Morgan fingerprint density at radius 3 is 2.83 bits per heavy atom. The Balaban J connectivity index is 1.89. The van der Waals surface area contributed by atoms with Crippen LogP contribution in [0.5, 0.6) is 0 Å². The van der Waals surface area contributed by atoms with Crippen LogP contribution in [-0.2, 0) is 4.74 Å². The van der Waals surface area contributed by atoms with Crippen molar-refractivity contribution >= 4 is 0 Å². The zero-order valence-corrected chi connectivity index (χ0v) is 7.51. The summed E-state index contributed by atoms with van der Waals surface area (Å²) in [6.07, 6.45) is 8.19. The van der Waals surface area contributed by atoms with Crippen LogP contribution in [0.2, 0.25) is 0 Å². The minimum absolute atomic E-state index is 0.479.